The predicted molar refractivity (Wildman–Crippen MR) is 162 cm³/mol. The minimum Gasteiger partial charge on any atom is -0.507 e. The highest BCUT2D eigenvalue weighted by Crippen LogP contribution is 2.40. The van der Waals surface area contributed by atoms with Gasteiger partial charge >= 0.3 is 0 Å². The number of phenols is 1. The van der Waals surface area contributed by atoms with Gasteiger partial charge in [0.05, 0.1) is 16.9 Å². The van der Waals surface area contributed by atoms with Gasteiger partial charge in [0.2, 0.25) is 5.91 Å². The fraction of sp³-hybridized carbons (Fsp3) is 0.314. The summed E-state index contributed by atoms with van der Waals surface area (Å²) in [4.78, 5) is 44.0. The molecule has 3 aromatic carbocycles. The third kappa shape index (κ3) is 5.39. The summed E-state index contributed by atoms with van der Waals surface area (Å²) >= 11 is 0. The summed E-state index contributed by atoms with van der Waals surface area (Å²) in [6.45, 7) is 12.4. The molecule has 1 aliphatic rings. The van der Waals surface area contributed by atoms with E-state index in [1.54, 1.807) is 36.4 Å². The Labute approximate surface area is 240 Å². The summed E-state index contributed by atoms with van der Waals surface area (Å²) in [6.07, 6.45) is 0.744. The molecular formula is C35H36N2O4. The molecule has 0 saturated carbocycles. The third-order valence-corrected chi connectivity index (χ3v) is 7.72. The Hall–Kier alpha value is -4.32. The van der Waals surface area contributed by atoms with Gasteiger partial charge in [0.15, 0.2) is 11.6 Å². The summed E-state index contributed by atoms with van der Waals surface area (Å²) in [5.74, 6) is -1.34. The molecule has 5 rings (SSSR count). The van der Waals surface area contributed by atoms with Crippen LogP contribution in [0, 0.1) is 0 Å². The normalized spacial score (nSPS) is 14.0. The molecule has 0 fully saturated rings. The summed E-state index contributed by atoms with van der Waals surface area (Å²) in [6, 6.07) is 19.9. The lowest BCUT2D eigenvalue weighted by atomic mass is 9.78. The van der Waals surface area contributed by atoms with Gasteiger partial charge in [0, 0.05) is 22.9 Å². The standard InChI is InChI=1S/C35H36N2O4/c1-34(2,3)24-18-20(19-25(33(24)41)35(4,5)6)14-17-28(38)36-27-13-9-10-21-15-16-26(37-30(21)27)29-31(39)22-11-7-8-12-23(22)32(29)40/h7-13,15-16,18-19,29,41H,14,17H2,1-6H3,(H,36,38). The minimum absolute atomic E-state index is 0.173. The number of hydrogen-bond acceptors (Lipinski definition) is 5. The number of aromatic nitrogens is 1. The van der Waals surface area contributed by atoms with Crippen molar-refractivity contribution in [1.82, 2.24) is 4.98 Å². The van der Waals surface area contributed by atoms with E-state index in [9.17, 15) is 19.5 Å². The molecule has 1 amide bonds. The highest BCUT2D eigenvalue weighted by Gasteiger charge is 2.40. The number of ketones is 2. The number of amides is 1. The van der Waals surface area contributed by atoms with E-state index < -0.39 is 5.92 Å². The number of carbonyl (C=O) groups excluding carboxylic acids is 3. The third-order valence-electron chi connectivity index (χ3n) is 7.72. The van der Waals surface area contributed by atoms with Crippen molar-refractivity contribution in [2.45, 2.75) is 71.1 Å². The van der Waals surface area contributed by atoms with Gasteiger partial charge < -0.3 is 10.4 Å². The number of para-hydroxylation sites is 1. The number of hydrogen-bond donors (Lipinski definition) is 2. The Bertz CT molecular complexity index is 1640. The zero-order valence-electron chi connectivity index (χ0n) is 24.5. The van der Waals surface area contributed by atoms with Crippen LogP contribution in [0.5, 0.6) is 5.75 Å². The zero-order valence-corrected chi connectivity index (χ0v) is 24.5. The lowest BCUT2D eigenvalue weighted by Gasteiger charge is -2.28. The first-order valence-electron chi connectivity index (χ1n) is 14.0. The smallest absolute Gasteiger partial charge is 0.224 e. The molecule has 4 aromatic rings. The van der Waals surface area contributed by atoms with Crippen LogP contribution in [0.25, 0.3) is 10.9 Å². The number of phenolic OH excluding ortho intramolecular Hbond substituents is 1. The molecule has 210 valence electrons. The summed E-state index contributed by atoms with van der Waals surface area (Å²) < 4.78 is 0. The highest BCUT2D eigenvalue weighted by atomic mass is 16.3. The number of aryl methyl sites for hydroxylation is 1. The first kappa shape index (κ1) is 28.2. The maximum Gasteiger partial charge on any atom is 0.224 e. The molecule has 1 aromatic heterocycles. The van der Waals surface area contributed by atoms with E-state index in [-0.39, 0.29) is 34.7 Å². The second-order valence-electron chi connectivity index (χ2n) is 12.9. The monoisotopic (exact) mass is 548 g/mol. The summed E-state index contributed by atoms with van der Waals surface area (Å²) in [5, 5.41) is 14.8. The van der Waals surface area contributed by atoms with Crippen molar-refractivity contribution in [1.29, 1.82) is 0 Å². The molecule has 0 spiro atoms. The van der Waals surface area contributed by atoms with Crippen molar-refractivity contribution in [2.24, 2.45) is 0 Å². The molecule has 1 aliphatic carbocycles. The number of Topliss-reactive ketones (excluding diaryl/α,β-unsaturated/α-hetero) is 2. The van der Waals surface area contributed by atoms with Gasteiger partial charge in [-0.05, 0) is 46.1 Å². The Morgan fingerprint density at radius 2 is 1.41 bits per heavy atom. The molecule has 0 radical (unpaired) electrons. The Morgan fingerprint density at radius 3 is 1.98 bits per heavy atom. The number of aromatic hydroxyl groups is 1. The Morgan fingerprint density at radius 1 is 0.829 bits per heavy atom. The van der Waals surface area contributed by atoms with Crippen LogP contribution in [0.15, 0.2) is 66.7 Å². The van der Waals surface area contributed by atoms with Crippen LogP contribution in [0.3, 0.4) is 0 Å². The van der Waals surface area contributed by atoms with Gasteiger partial charge in [-0.15, -0.1) is 0 Å². The number of rotatable bonds is 5. The molecule has 6 heteroatoms. The minimum atomic E-state index is -0.982. The lowest BCUT2D eigenvalue weighted by molar-refractivity contribution is -0.116. The maximum absolute atomic E-state index is 13.2. The van der Waals surface area contributed by atoms with Crippen LogP contribution in [-0.2, 0) is 22.0 Å². The van der Waals surface area contributed by atoms with E-state index in [4.69, 9.17) is 4.98 Å². The zero-order chi connectivity index (χ0) is 29.7. The SMILES string of the molecule is CC(C)(C)c1cc(CCC(=O)Nc2cccc3ccc(C4C(=O)c5ccccc5C4=O)nc23)cc(C(C)(C)C)c1O. The van der Waals surface area contributed by atoms with Crippen molar-refractivity contribution in [3.63, 3.8) is 0 Å². The Kier molecular flexibility index (Phi) is 7.06. The fourth-order valence-corrected chi connectivity index (χ4v) is 5.49. The molecule has 6 nitrogen and oxygen atoms in total. The number of anilines is 1. The fourth-order valence-electron chi connectivity index (χ4n) is 5.49. The van der Waals surface area contributed by atoms with Gasteiger partial charge in [0.1, 0.15) is 11.7 Å². The Balaban J connectivity index is 1.39. The van der Waals surface area contributed by atoms with Gasteiger partial charge in [-0.25, -0.2) is 4.98 Å². The van der Waals surface area contributed by atoms with Crippen LogP contribution < -0.4 is 5.32 Å². The van der Waals surface area contributed by atoms with Crippen LogP contribution in [0.2, 0.25) is 0 Å². The summed E-state index contributed by atoms with van der Waals surface area (Å²) in [5.41, 5.74) is 4.49. The van der Waals surface area contributed by atoms with E-state index in [0.717, 1.165) is 22.1 Å². The predicted octanol–water partition coefficient (Wildman–Crippen LogP) is 7.27. The lowest BCUT2D eigenvalue weighted by Crippen LogP contribution is -2.18. The number of nitrogens with zero attached hydrogens (tertiary/aromatic N) is 1. The molecular weight excluding hydrogens is 512 g/mol. The van der Waals surface area contributed by atoms with Crippen LogP contribution in [0.1, 0.15) is 97.0 Å². The molecule has 0 aliphatic heterocycles. The number of carbonyl (C=O) groups is 3. The first-order chi connectivity index (χ1) is 19.3. The van der Waals surface area contributed by atoms with E-state index in [1.807, 2.05) is 30.3 Å². The average molecular weight is 549 g/mol. The molecule has 1 heterocycles. The van der Waals surface area contributed by atoms with Crippen molar-refractivity contribution >= 4 is 34.1 Å². The number of nitrogens with one attached hydrogen (secondary N) is 1. The van der Waals surface area contributed by atoms with Gasteiger partial charge in [0.25, 0.3) is 0 Å². The molecule has 41 heavy (non-hydrogen) atoms. The van der Waals surface area contributed by atoms with Crippen LogP contribution >= 0.6 is 0 Å². The molecule has 0 unspecified atom stereocenters. The van der Waals surface area contributed by atoms with Crippen molar-refractivity contribution in [3.05, 3.63) is 100 Å². The largest absolute Gasteiger partial charge is 0.507 e. The van der Waals surface area contributed by atoms with E-state index >= 15 is 0 Å². The number of pyridine rings is 1. The molecule has 0 atom stereocenters. The maximum atomic E-state index is 13.2. The average Bonchev–Trinajstić information content (AvgIpc) is 3.16. The molecule has 2 N–H and O–H groups in total. The second-order valence-corrected chi connectivity index (χ2v) is 12.9. The van der Waals surface area contributed by atoms with Gasteiger partial charge in [-0.2, -0.15) is 0 Å². The van der Waals surface area contributed by atoms with E-state index in [2.05, 4.69) is 46.9 Å². The van der Waals surface area contributed by atoms with Gasteiger partial charge in [-0.1, -0.05) is 96.1 Å². The van der Waals surface area contributed by atoms with Crippen LogP contribution in [-0.4, -0.2) is 27.6 Å². The first-order valence-corrected chi connectivity index (χ1v) is 14.0. The van der Waals surface area contributed by atoms with E-state index in [1.165, 1.54) is 0 Å². The van der Waals surface area contributed by atoms with Crippen molar-refractivity contribution < 1.29 is 19.5 Å². The van der Waals surface area contributed by atoms with Crippen molar-refractivity contribution in [3.8, 4) is 5.75 Å². The van der Waals surface area contributed by atoms with Crippen LogP contribution in [0.4, 0.5) is 5.69 Å². The highest BCUT2D eigenvalue weighted by molar-refractivity contribution is 6.29. The molecule has 0 bridgehead atoms. The molecule has 0 saturated heterocycles. The van der Waals surface area contributed by atoms with Crippen molar-refractivity contribution in [2.75, 3.05) is 5.32 Å². The number of benzene rings is 3. The second kappa shape index (κ2) is 10.3. The van der Waals surface area contributed by atoms with Gasteiger partial charge in [-0.3, -0.25) is 14.4 Å². The summed E-state index contributed by atoms with van der Waals surface area (Å²) in [7, 11) is 0. The van der Waals surface area contributed by atoms with E-state index in [0.29, 0.717) is 40.2 Å². The topological polar surface area (TPSA) is 96.4 Å². The number of fused-ring (bicyclic) bond motifs is 2. The quantitative estimate of drug-likeness (QED) is 0.256.